The Morgan fingerprint density at radius 2 is 2.03 bits per heavy atom. The Labute approximate surface area is 177 Å². The van der Waals surface area contributed by atoms with Crippen LogP contribution in [0.2, 0.25) is 0 Å². The van der Waals surface area contributed by atoms with Crippen molar-refractivity contribution in [3.63, 3.8) is 0 Å². The molecule has 2 aliphatic rings. The molecule has 0 spiro atoms. The highest BCUT2D eigenvalue weighted by Gasteiger charge is 2.25. The quantitative estimate of drug-likeness (QED) is 0.789. The Balaban J connectivity index is 1.18. The molecule has 0 bridgehead atoms. The number of methoxy groups -OCH3 is 1. The van der Waals surface area contributed by atoms with Gasteiger partial charge < -0.3 is 19.9 Å². The minimum atomic E-state index is 0.0839. The summed E-state index contributed by atoms with van der Waals surface area (Å²) in [6, 6.07) is 12.6. The highest BCUT2D eigenvalue weighted by Crippen LogP contribution is 2.26. The number of piperazine rings is 1. The maximum atomic E-state index is 12.6. The van der Waals surface area contributed by atoms with Gasteiger partial charge in [-0.25, -0.2) is 4.79 Å². The summed E-state index contributed by atoms with van der Waals surface area (Å²) in [5, 5.41) is 5.29. The maximum Gasteiger partial charge on any atom is 0.317 e. The number of amides is 2. The number of hydrogen-bond donors (Lipinski definition) is 1. The second-order valence-electron chi connectivity index (χ2n) is 7.83. The molecule has 2 amide bonds. The molecular formula is C22H30N4O2S. The third kappa shape index (κ3) is 5.22. The summed E-state index contributed by atoms with van der Waals surface area (Å²) in [7, 11) is 1.70. The van der Waals surface area contributed by atoms with Crippen molar-refractivity contribution in [2.75, 3.05) is 57.8 Å². The van der Waals surface area contributed by atoms with Gasteiger partial charge in [-0.05, 0) is 35.9 Å². The Kier molecular flexibility index (Phi) is 6.56. The number of anilines is 1. The van der Waals surface area contributed by atoms with Crippen LogP contribution in [0, 0.1) is 5.92 Å². The fourth-order valence-corrected chi connectivity index (χ4v) is 4.86. The molecule has 0 radical (unpaired) electrons. The number of rotatable bonds is 6. The molecule has 1 aromatic heterocycles. The van der Waals surface area contributed by atoms with Crippen molar-refractivity contribution in [1.82, 2.24) is 15.1 Å². The SMILES string of the molecule is COc1cccc(N2CCC(CNC(=O)N3CCN(Cc4cccs4)CC3)C2)c1. The first-order valence-corrected chi connectivity index (χ1v) is 11.3. The van der Waals surface area contributed by atoms with Gasteiger partial charge in [-0.3, -0.25) is 4.90 Å². The molecule has 6 nitrogen and oxygen atoms in total. The summed E-state index contributed by atoms with van der Waals surface area (Å²) < 4.78 is 5.33. The van der Waals surface area contributed by atoms with Crippen molar-refractivity contribution < 1.29 is 9.53 Å². The van der Waals surface area contributed by atoms with Crippen LogP contribution >= 0.6 is 11.3 Å². The number of hydrogen-bond acceptors (Lipinski definition) is 5. The molecule has 29 heavy (non-hydrogen) atoms. The third-order valence-electron chi connectivity index (χ3n) is 5.87. The predicted octanol–water partition coefficient (Wildman–Crippen LogP) is 3.11. The lowest BCUT2D eigenvalue weighted by atomic mass is 10.1. The Bertz CT molecular complexity index is 790. The van der Waals surface area contributed by atoms with Crippen molar-refractivity contribution in [3.05, 3.63) is 46.7 Å². The van der Waals surface area contributed by atoms with Crippen LogP contribution in [-0.4, -0.2) is 68.8 Å². The van der Waals surface area contributed by atoms with Crippen LogP contribution in [0.4, 0.5) is 10.5 Å². The molecule has 7 heteroatoms. The summed E-state index contributed by atoms with van der Waals surface area (Å²) in [4.78, 5) is 20.7. The zero-order valence-electron chi connectivity index (χ0n) is 17.0. The standard InChI is InChI=1S/C22H30N4O2S/c1-28-20-5-2-4-19(14-20)26-8-7-18(16-26)15-23-22(27)25-11-9-24(10-12-25)17-21-6-3-13-29-21/h2-6,13-14,18H,7-12,15-17H2,1H3,(H,23,27). The van der Waals surface area contributed by atoms with Crippen molar-refractivity contribution in [2.24, 2.45) is 5.92 Å². The van der Waals surface area contributed by atoms with Gasteiger partial charge in [0.25, 0.3) is 0 Å². The lowest BCUT2D eigenvalue weighted by Gasteiger charge is -2.34. The molecule has 1 unspecified atom stereocenters. The topological polar surface area (TPSA) is 48.1 Å². The van der Waals surface area contributed by atoms with Crippen LogP contribution in [0.1, 0.15) is 11.3 Å². The number of nitrogens with zero attached hydrogens (tertiary/aromatic N) is 3. The molecular weight excluding hydrogens is 384 g/mol. The van der Waals surface area contributed by atoms with E-state index in [1.807, 2.05) is 17.0 Å². The summed E-state index contributed by atoms with van der Waals surface area (Å²) in [5.41, 5.74) is 1.19. The van der Waals surface area contributed by atoms with E-state index >= 15 is 0 Å². The van der Waals surface area contributed by atoms with Gasteiger partial charge in [-0.2, -0.15) is 0 Å². The van der Waals surface area contributed by atoms with Gasteiger partial charge in [0.1, 0.15) is 5.75 Å². The van der Waals surface area contributed by atoms with Crippen molar-refractivity contribution in [2.45, 2.75) is 13.0 Å². The zero-order valence-corrected chi connectivity index (χ0v) is 17.9. The average molecular weight is 415 g/mol. The molecule has 2 saturated heterocycles. The van der Waals surface area contributed by atoms with Crippen LogP contribution in [0.25, 0.3) is 0 Å². The first-order chi connectivity index (χ1) is 14.2. The van der Waals surface area contributed by atoms with E-state index in [2.05, 4.69) is 44.8 Å². The van der Waals surface area contributed by atoms with Crippen LogP contribution in [0.5, 0.6) is 5.75 Å². The second kappa shape index (κ2) is 9.50. The lowest BCUT2D eigenvalue weighted by Crippen LogP contribution is -2.52. The van der Waals surface area contributed by atoms with Crippen molar-refractivity contribution in [3.8, 4) is 5.75 Å². The highest BCUT2D eigenvalue weighted by atomic mass is 32.1. The van der Waals surface area contributed by atoms with Crippen molar-refractivity contribution in [1.29, 1.82) is 0 Å². The summed E-state index contributed by atoms with van der Waals surface area (Å²) in [6.07, 6.45) is 1.10. The van der Waals surface area contributed by atoms with Gasteiger partial charge in [0, 0.05) is 69.0 Å². The fraction of sp³-hybridized carbons (Fsp3) is 0.500. The first-order valence-electron chi connectivity index (χ1n) is 10.4. The van der Waals surface area contributed by atoms with Gasteiger partial charge in [0.2, 0.25) is 0 Å². The zero-order chi connectivity index (χ0) is 20.1. The minimum absolute atomic E-state index is 0.0839. The van der Waals surface area contributed by atoms with Gasteiger partial charge in [-0.15, -0.1) is 11.3 Å². The molecule has 2 aliphatic heterocycles. The van der Waals surface area contributed by atoms with E-state index in [0.29, 0.717) is 5.92 Å². The predicted molar refractivity (Wildman–Crippen MR) is 118 cm³/mol. The van der Waals surface area contributed by atoms with E-state index in [0.717, 1.165) is 64.5 Å². The molecule has 4 rings (SSSR count). The number of nitrogens with one attached hydrogen (secondary N) is 1. The normalized spacial score (nSPS) is 20.1. The van der Waals surface area contributed by atoms with E-state index in [1.165, 1.54) is 10.6 Å². The van der Waals surface area contributed by atoms with Crippen LogP contribution in [0.15, 0.2) is 41.8 Å². The van der Waals surface area contributed by atoms with Gasteiger partial charge >= 0.3 is 6.03 Å². The van der Waals surface area contributed by atoms with Gasteiger partial charge in [0.05, 0.1) is 7.11 Å². The van der Waals surface area contributed by atoms with Crippen LogP contribution in [-0.2, 0) is 6.54 Å². The molecule has 0 saturated carbocycles. The van der Waals surface area contributed by atoms with E-state index in [1.54, 1.807) is 18.4 Å². The van der Waals surface area contributed by atoms with Crippen molar-refractivity contribution >= 4 is 23.1 Å². The summed E-state index contributed by atoms with van der Waals surface area (Å²) in [6.45, 7) is 7.23. The van der Waals surface area contributed by atoms with Gasteiger partial charge in [-0.1, -0.05) is 12.1 Å². The molecule has 0 aliphatic carbocycles. The molecule has 156 valence electrons. The summed E-state index contributed by atoms with van der Waals surface area (Å²) >= 11 is 1.80. The highest BCUT2D eigenvalue weighted by molar-refractivity contribution is 7.09. The van der Waals surface area contributed by atoms with E-state index in [-0.39, 0.29) is 6.03 Å². The molecule has 1 aromatic carbocycles. The molecule has 1 atom stereocenters. The van der Waals surface area contributed by atoms with E-state index in [9.17, 15) is 4.79 Å². The maximum absolute atomic E-state index is 12.6. The second-order valence-corrected chi connectivity index (χ2v) is 8.86. The fourth-order valence-electron chi connectivity index (χ4n) is 4.12. The Hall–Kier alpha value is -2.25. The first kappa shape index (κ1) is 20.0. The lowest BCUT2D eigenvalue weighted by molar-refractivity contribution is 0.135. The third-order valence-corrected chi connectivity index (χ3v) is 6.73. The van der Waals surface area contributed by atoms with E-state index < -0.39 is 0 Å². The van der Waals surface area contributed by atoms with Gasteiger partial charge in [0.15, 0.2) is 0 Å². The minimum Gasteiger partial charge on any atom is -0.497 e. The smallest absolute Gasteiger partial charge is 0.317 e. The van der Waals surface area contributed by atoms with Crippen LogP contribution < -0.4 is 15.0 Å². The monoisotopic (exact) mass is 414 g/mol. The Morgan fingerprint density at radius 3 is 2.79 bits per heavy atom. The molecule has 2 aromatic rings. The molecule has 1 N–H and O–H groups in total. The average Bonchev–Trinajstić information content (AvgIpc) is 3.45. The number of carbonyl (C=O) groups excluding carboxylic acids is 1. The number of ether oxygens (including phenoxy) is 1. The number of benzene rings is 1. The Morgan fingerprint density at radius 1 is 1.17 bits per heavy atom. The van der Waals surface area contributed by atoms with E-state index in [4.69, 9.17) is 4.74 Å². The largest absolute Gasteiger partial charge is 0.497 e. The number of carbonyl (C=O) groups is 1. The molecule has 2 fully saturated rings. The van der Waals surface area contributed by atoms with Crippen LogP contribution in [0.3, 0.4) is 0 Å². The number of thiophene rings is 1. The number of urea groups is 1. The summed E-state index contributed by atoms with van der Waals surface area (Å²) in [5.74, 6) is 1.38. The molecule has 3 heterocycles.